The lowest BCUT2D eigenvalue weighted by atomic mass is 10.1. The highest BCUT2D eigenvalue weighted by Gasteiger charge is 2.20. The third kappa shape index (κ3) is 5.74. The fourth-order valence-corrected chi connectivity index (χ4v) is 3.25. The molecule has 1 unspecified atom stereocenters. The monoisotopic (exact) mass is 437 g/mol. The molecule has 1 atom stereocenters. The minimum absolute atomic E-state index is 0.0274. The van der Waals surface area contributed by atoms with E-state index in [1.165, 1.54) is 4.57 Å². The van der Waals surface area contributed by atoms with Crippen molar-refractivity contribution >= 4 is 25.4 Å². The predicted molar refractivity (Wildman–Crippen MR) is 111 cm³/mol. The Labute approximate surface area is 173 Å². The summed E-state index contributed by atoms with van der Waals surface area (Å²) in [6, 6.07) is 9.57. The number of rotatable bonds is 11. The highest BCUT2D eigenvalue weighted by Crippen LogP contribution is 2.25. The Hall–Kier alpha value is -2.56. The first-order chi connectivity index (χ1) is 14.5. The second-order valence-electron chi connectivity index (χ2n) is 6.45. The first-order valence-corrected chi connectivity index (χ1v) is 10.6. The predicted octanol–water partition coefficient (Wildman–Crippen LogP) is 0.609. The van der Waals surface area contributed by atoms with Gasteiger partial charge >= 0.3 is 11.7 Å². The van der Waals surface area contributed by atoms with E-state index in [4.69, 9.17) is 19.9 Å². The minimum Gasteiger partial charge on any atom is -0.461 e. The van der Waals surface area contributed by atoms with Crippen LogP contribution in [0.5, 0.6) is 6.01 Å². The number of fused-ring (bicyclic) bond motifs is 1. The van der Waals surface area contributed by atoms with Crippen molar-refractivity contribution in [1.29, 1.82) is 0 Å². The number of H-pyrrole nitrogens is 1. The summed E-state index contributed by atoms with van der Waals surface area (Å²) >= 11 is 0. The summed E-state index contributed by atoms with van der Waals surface area (Å²) in [5, 5.41) is 0. The summed E-state index contributed by atoms with van der Waals surface area (Å²) in [6.07, 6.45) is -0.282. The van der Waals surface area contributed by atoms with Gasteiger partial charge in [0.1, 0.15) is 18.5 Å². The van der Waals surface area contributed by atoms with E-state index in [1.54, 1.807) is 7.11 Å². The SMILES string of the molecule is COCCOc1nc(N)c2[nH]c(=O)n(CC(Cc3ccccc3)OCP(O)O)c2n1. The van der Waals surface area contributed by atoms with Gasteiger partial charge in [0.05, 0.1) is 19.3 Å². The lowest BCUT2D eigenvalue weighted by Crippen LogP contribution is -2.29. The number of benzene rings is 1. The first kappa shape index (κ1) is 22.1. The van der Waals surface area contributed by atoms with Gasteiger partial charge in [0.2, 0.25) is 0 Å². The van der Waals surface area contributed by atoms with Gasteiger partial charge in [0.25, 0.3) is 0 Å². The third-order valence-electron chi connectivity index (χ3n) is 4.27. The molecule has 0 spiro atoms. The Morgan fingerprint density at radius 1 is 1.23 bits per heavy atom. The first-order valence-electron chi connectivity index (χ1n) is 9.16. The zero-order chi connectivity index (χ0) is 21.5. The number of aromatic amines is 1. The molecule has 0 bridgehead atoms. The maximum absolute atomic E-state index is 12.6. The van der Waals surface area contributed by atoms with Gasteiger partial charge in [-0.1, -0.05) is 30.3 Å². The van der Waals surface area contributed by atoms with Crippen LogP contribution in [0.4, 0.5) is 5.82 Å². The molecule has 0 fully saturated rings. The van der Waals surface area contributed by atoms with Crippen molar-refractivity contribution in [3.8, 4) is 6.01 Å². The molecule has 3 aromatic rings. The molecule has 3 rings (SSSR count). The smallest absolute Gasteiger partial charge is 0.327 e. The summed E-state index contributed by atoms with van der Waals surface area (Å²) in [4.78, 5) is 42.1. The molecular formula is C18H24N5O6P. The van der Waals surface area contributed by atoms with Crippen molar-refractivity contribution in [1.82, 2.24) is 19.5 Å². The highest BCUT2D eigenvalue weighted by atomic mass is 31.2. The molecule has 0 saturated heterocycles. The van der Waals surface area contributed by atoms with Crippen molar-refractivity contribution in [2.45, 2.75) is 19.1 Å². The maximum Gasteiger partial charge on any atom is 0.327 e. The van der Waals surface area contributed by atoms with Gasteiger partial charge in [-0.2, -0.15) is 9.97 Å². The number of nitrogens with zero attached hydrogens (tertiary/aromatic N) is 3. The van der Waals surface area contributed by atoms with Crippen molar-refractivity contribution in [2.24, 2.45) is 0 Å². The summed E-state index contributed by atoms with van der Waals surface area (Å²) < 4.78 is 17.4. The quantitative estimate of drug-likeness (QED) is 0.249. The zero-order valence-electron chi connectivity index (χ0n) is 16.4. The molecule has 0 amide bonds. The average molecular weight is 437 g/mol. The number of ether oxygens (including phenoxy) is 3. The van der Waals surface area contributed by atoms with E-state index in [2.05, 4.69) is 15.0 Å². The molecule has 5 N–H and O–H groups in total. The van der Waals surface area contributed by atoms with Gasteiger partial charge in [-0.05, 0) is 5.56 Å². The molecular weight excluding hydrogens is 413 g/mol. The van der Waals surface area contributed by atoms with Crippen LogP contribution in [0.3, 0.4) is 0 Å². The second kappa shape index (κ2) is 10.5. The molecule has 0 aliphatic carbocycles. The van der Waals surface area contributed by atoms with Gasteiger partial charge in [-0.3, -0.25) is 4.57 Å². The van der Waals surface area contributed by atoms with Crippen molar-refractivity contribution in [3.63, 3.8) is 0 Å². The van der Waals surface area contributed by atoms with E-state index in [0.717, 1.165) is 5.56 Å². The molecule has 2 heterocycles. The molecule has 30 heavy (non-hydrogen) atoms. The molecule has 0 radical (unpaired) electrons. The maximum atomic E-state index is 12.6. The third-order valence-corrected chi connectivity index (χ3v) is 4.65. The average Bonchev–Trinajstić information content (AvgIpc) is 3.03. The molecule has 12 heteroatoms. The zero-order valence-corrected chi connectivity index (χ0v) is 17.3. The Morgan fingerprint density at radius 2 is 2.00 bits per heavy atom. The van der Waals surface area contributed by atoms with Crippen LogP contribution >= 0.6 is 8.38 Å². The number of anilines is 1. The van der Waals surface area contributed by atoms with Gasteiger partial charge in [0.15, 0.2) is 19.8 Å². The van der Waals surface area contributed by atoms with E-state index in [-0.39, 0.29) is 37.0 Å². The number of hydrogen-bond donors (Lipinski definition) is 4. The minimum atomic E-state index is -2.23. The van der Waals surface area contributed by atoms with Crippen LogP contribution < -0.4 is 16.2 Å². The van der Waals surface area contributed by atoms with E-state index >= 15 is 0 Å². The highest BCUT2D eigenvalue weighted by molar-refractivity contribution is 7.44. The van der Waals surface area contributed by atoms with E-state index in [9.17, 15) is 14.6 Å². The van der Waals surface area contributed by atoms with Gasteiger partial charge < -0.3 is 34.7 Å². The van der Waals surface area contributed by atoms with Crippen molar-refractivity contribution in [3.05, 3.63) is 46.4 Å². The summed E-state index contributed by atoms with van der Waals surface area (Å²) in [7, 11) is -0.682. The summed E-state index contributed by atoms with van der Waals surface area (Å²) in [6.45, 7) is 0.691. The van der Waals surface area contributed by atoms with Gasteiger partial charge in [0, 0.05) is 13.5 Å². The Kier molecular flexibility index (Phi) is 7.72. The van der Waals surface area contributed by atoms with Crippen LogP contribution in [0.1, 0.15) is 5.56 Å². The Bertz CT molecular complexity index is 1010. The van der Waals surface area contributed by atoms with Gasteiger partial charge in [-0.25, -0.2) is 4.79 Å². The molecule has 0 aliphatic heterocycles. The van der Waals surface area contributed by atoms with Crippen molar-refractivity contribution in [2.75, 3.05) is 32.4 Å². The number of nitrogens with one attached hydrogen (secondary N) is 1. The van der Waals surface area contributed by atoms with Crippen molar-refractivity contribution < 1.29 is 24.0 Å². The Balaban J connectivity index is 1.89. The molecule has 0 saturated carbocycles. The standard InChI is InChI=1S/C18H24N5O6P/c1-27-7-8-28-17-21-15(19)14-16(22-17)23(18(24)20-14)10-13(29-11-30(25)26)9-12-5-3-2-4-6-12/h2-6,13,25-26H,7-11H2,1H3,(H,20,24)(H2,19,21,22). The second-order valence-corrected chi connectivity index (χ2v) is 7.45. The lowest BCUT2D eigenvalue weighted by molar-refractivity contribution is 0.0677. The Morgan fingerprint density at radius 3 is 2.70 bits per heavy atom. The van der Waals surface area contributed by atoms with Crippen LogP contribution in [0.2, 0.25) is 0 Å². The number of imidazole rings is 1. The van der Waals surface area contributed by atoms with Gasteiger partial charge in [-0.15, -0.1) is 0 Å². The largest absolute Gasteiger partial charge is 0.461 e. The fourth-order valence-electron chi connectivity index (χ4n) is 2.91. The normalized spacial score (nSPS) is 12.5. The molecule has 11 nitrogen and oxygen atoms in total. The molecule has 0 aliphatic rings. The van der Waals surface area contributed by atoms with E-state index < -0.39 is 20.2 Å². The van der Waals surface area contributed by atoms with Crippen LogP contribution in [0.15, 0.2) is 35.1 Å². The molecule has 2 aromatic heterocycles. The summed E-state index contributed by atoms with van der Waals surface area (Å²) in [5.41, 5.74) is 7.07. The van der Waals surface area contributed by atoms with Crippen LogP contribution in [-0.4, -0.2) is 62.1 Å². The molecule has 1 aromatic carbocycles. The van der Waals surface area contributed by atoms with E-state index in [0.29, 0.717) is 18.5 Å². The number of nitrogens with two attached hydrogens (primary N) is 1. The number of methoxy groups -OCH3 is 1. The van der Waals surface area contributed by atoms with Crippen LogP contribution in [0, 0.1) is 0 Å². The number of hydrogen-bond acceptors (Lipinski definition) is 9. The fraction of sp³-hybridized carbons (Fsp3) is 0.389. The topological polar surface area (TPSA) is 158 Å². The van der Waals surface area contributed by atoms with Crippen LogP contribution in [0.25, 0.3) is 11.2 Å². The number of aromatic nitrogens is 4. The summed E-state index contributed by atoms with van der Waals surface area (Å²) in [5.74, 6) is 0.0815. The van der Waals surface area contributed by atoms with E-state index in [1.807, 2.05) is 30.3 Å². The lowest BCUT2D eigenvalue weighted by Gasteiger charge is -2.19. The number of nitrogen functional groups attached to an aromatic ring is 1. The molecule has 162 valence electrons. The van der Waals surface area contributed by atoms with Crippen LogP contribution in [-0.2, 0) is 22.4 Å².